The Hall–Kier alpha value is -1.77. The molecular formula is C15H14FNO2S. The average Bonchev–Trinajstić information content (AvgIpc) is 2.85. The number of aryl methyl sites for hydroxylation is 1. The number of benzene rings is 1. The average molecular weight is 291 g/mol. The number of hydrogen-bond acceptors (Lipinski definition) is 4. The Morgan fingerprint density at radius 1 is 1.45 bits per heavy atom. The highest BCUT2D eigenvalue weighted by Gasteiger charge is 2.05. The van der Waals surface area contributed by atoms with Gasteiger partial charge in [-0.25, -0.2) is 9.37 Å². The molecule has 1 aromatic heterocycles. The van der Waals surface area contributed by atoms with Crippen molar-refractivity contribution in [3.63, 3.8) is 0 Å². The third-order valence-corrected chi connectivity index (χ3v) is 3.36. The number of thioether (sulfide) groups is 1. The fraction of sp³-hybridized carbons (Fsp3) is 0.267. The molecule has 0 bridgehead atoms. The number of halogens is 1. The largest absolute Gasteiger partial charge is 0.440 e. The molecule has 0 aliphatic heterocycles. The molecule has 20 heavy (non-hydrogen) atoms. The second-order valence-electron chi connectivity index (χ2n) is 4.13. The molecule has 3 nitrogen and oxygen atoms in total. The highest BCUT2D eigenvalue weighted by Crippen LogP contribution is 2.22. The van der Waals surface area contributed by atoms with Crippen molar-refractivity contribution in [1.29, 1.82) is 0 Å². The minimum absolute atomic E-state index is 0.0202. The third-order valence-electron chi connectivity index (χ3n) is 2.45. The van der Waals surface area contributed by atoms with Crippen LogP contribution in [-0.2, 0) is 5.75 Å². The van der Waals surface area contributed by atoms with Crippen LogP contribution in [0.3, 0.4) is 0 Å². The molecule has 1 heterocycles. The van der Waals surface area contributed by atoms with Gasteiger partial charge in [-0.3, -0.25) is 0 Å². The van der Waals surface area contributed by atoms with Gasteiger partial charge in [0.2, 0.25) is 0 Å². The topological polar surface area (TPSA) is 46.3 Å². The van der Waals surface area contributed by atoms with E-state index in [-0.39, 0.29) is 12.4 Å². The molecule has 2 aromatic rings. The number of nitrogens with zero attached hydrogens (tertiary/aromatic N) is 1. The maximum absolute atomic E-state index is 13.6. The standard InChI is InChI=1S/C15H14FNO2S/c1-11-9-19-15(17-11)20-10-12-5-6-14(16)13(8-12)4-2-3-7-18/h5-6,8-9,18H,3,7,10H2,1H3. The van der Waals surface area contributed by atoms with Crippen LogP contribution in [0.2, 0.25) is 0 Å². The number of aliphatic hydroxyl groups excluding tert-OH is 1. The third kappa shape index (κ3) is 4.12. The lowest BCUT2D eigenvalue weighted by Gasteiger charge is -2.01. The molecule has 1 aromatic carbocycles. The molecule has 0 unspecified atom stereocenters. The zero-order valence-corrected chi connectivity index (χ0v) is 11.8. The van der Waals surface area contributed by atoms with E-state index in [9.17, 15) is 4.39 Å². The van der Waals surface area contributed by atoms with E-state index in [1.165, 1.54) is 17.8 Å². The molecule has 0 aliphatic carbocycles. The molecule has 104 valence electrons. The molecular weight excluding hydrogens is 277 g/mol. The van der Waals surface area contributed by atoms with Gasteiger partial charge in [0.25, 0.3) is 5.22 Å². The molecule has 0 spiro atoms. The van der Waals surface area contributed by atoms with Crippen LogP contribution in [0.15, 0.2) is 34.1 Å². The summed E-state index contributed by atoms with van der Waals surface area (Å²) in [4.78, 5) is 4.19. The van der Waals surface area contributed by atoms with Crippen molar-refractivity contribution in [2.75, 3.05) is 6.61 Å². The monoisotopic (exact) mass is 291 g/mol. The molecule has 0 amide bonds. The summed E-state index contributed by atoms with van der Waals surface area (Å²) < 4.78 is 18.8. The Labute approximate surface area is 121 Å². The lowest BCUT2D eigenvalue weighted by atomic mass is 10.1. The van der Waals surface area contributed by atoms with E-state index in [1.807, 2.05) is 6.92 Å². The molecule has 0 atom stereocenters. The van der Waals surface area contributed by atoms with E-state index in [2.05, 4.69) is 16.8 Å². The van der Waals surface area contributed by atoms with Crippen molar-refractivity contribution >= 4 is 11.8 Å². The summed E-state index contributed by atoms with van der Waals surface area (Å²) >= 11 is 1.45. The Bertz CT molecular complexity index is 643. The van der Waals surface area contributed by atoms with E-state index in [1.54, 1.807) is 18.4 Å². The fourth-order valence-corrected chi connectivity index (χ4v) is 2.31. The zero-order valence-electron chi connectivity index (χ0n) is 11.0. The fourth-order valence-electron chi connectivity index (χ4n) is 1.52. The van der Waals surface area contributed by atoms with Crippen LogP contribution in [0.1, 0.15) is 23.2 Å². The van der Waals surface area contributed by atoms with Crippen molar-refractivity contribution in [2.45, 2.75) is 24.3 Å². The minimum atomic E-state index is -0.351. The first-order valence-corrected chi connectivity index (χ1v) is 7.10. The molecule has 0 radical (unpaired) electrons. The number of aromatic nitrogens is 1. The van der Waals surface area contributed by atoms with Crippen molar-refractivity contribution in [1.82, 2.24) is 4.98 Å². The maximum atomic E-state index is 13.6. The Morgan fingerprint density at radius 3 is 3.00 bits per heavy atom. The maximum Gasteiger partial charge on any atom is 0.256 e. The second-order valence-corrected chi connectivity index (χ2v) is 5.06. The van der Waals surface area contributed by atoms with Crippen molar-refractivity contribution in [3.8, 4) is 11.8 Å². The summed E-state index contributed by atoms with van der Waals surface area (Å²) in [6.45, 7) is 1.84. The summed E-state index contributed by atoms with van der Waals surface area (Å²) in [7, 11) is 0. The highest BCUT2D eigenvalue weighted by molar-refractivity contribution is 7.98. The van der Waals surface area contributed by atoms with Gasteiger partial charge in [-0.05, 0) is 24.6 Å². The van der Waals surface area contributed by atoms with Gasteiger partial charge in [0, 0.05) is 12.2 Å². The van der Waals surface area contributed by atoms with E-state index in [0.717, 1.165) is 11.3 Å². The van der Waals surface area contributed by atoms with E-state index in [4.69, 9.17) is 9.52 Å². The summed E-state index contributed by atoms with van der Waals surface area (Å²) in [5.41, 5.74) is 2.13. The lowest BCUT2D eigenvalue weighted by molar-refractivity contribution is 0.305. The van der Waals surface area contributed by atoms with Gasteiger partial charge in [0.1, 0.15) is 12.1 Å². The molecule has 5 heteroatoms. The van der Waals surface area contributed by atoms with Gasteiger partial charge in [-0.1, -0.05) is 29.7 Å². The predicted molar refractivity (Wildman–Crippen MR) is 75.8 cm³/mol. The van der Waals surface area contributed by atoms with Crippen molar-refractivity contribution in [3.05, 3.63) is 47.1 Å². The summed E-state index contributed by atoms with van der Waals surface area (Å²) in [6.07, 6.45) is 1.94. The molecule has 0 saturated carbocycles. The molecule has 0 aliphatic rings. The van der Waals surface area contributed by atoms with Crippen LogP contribution < -0.4 is 0 Å². The SMILES string of the molecule is Cc1coc(SCc2ccc(F)c(C#CCCO)c2)n1. The zero-order chi connectivity index (χ0) is 14.4. The minimum Gasteiger partial charge on any atom is -0.440 e. The van der Waals surface area contributed by atoms with E-state index in [0.29, 0.717) is 23.0 Å². The molecule has 2 rings (SSSR count). The number of rotatable bonds is 4. The first-order valence-electron chi connectivity index (χ1n) is 6.12. The van der Waals surface area contributed by atoms with Gasteiger partial charge in [0.15, 0.2) is 0 Å². The quantitative estimate of drug-likeness (QED) is 0.694. The Kier molecular flexibility index (Phi) is 5.22. The highest BCUT2D eigenvalue weighted by atomic mass is 32.2. The van der Waals surface area contributed by atoms with Crippen LogP contribution >= 0.6 is 11.8 Å². The number of aliphatic hydroxyl groups is 1. The van der Waals surface area contributed by atoms with Crippen LogP contribution in [0.25, 0.3) is 0 Å². The van der Waals surface area contributed by atoms with Gasteiger partial charge < -0.3 is 9.52 Å². The van der Waals surface area contributed by atoms with Crippen molar-refractivity contribution < 1.29 is 13.9 Å². The summed E-state index contributed by atoms with van der Waals surface area (Å²) in [5.74, 6) is 5.73. The van der Waals surface area contributed by atoms with Crippen LogP contribution in [0.5, 0.6) is 0 Å². The van der Waals surface area contributed by atoms with Crippen LogP contribution in [0, 0.1) is 24.6 Å². The van der Waals surface area contributed by atoms with Crippen LogP contribution in [0.4, 0.5) is 4.39 Å². The van der Waals surface area contributed by atoms with Gasteiger partial charge in [-0.2, -0.15) is 0 Å². The number of hydrogen-bond donors (Lipinski definition) is 1. The Morgan fingerprint density at radius 2 is 2.30 bits per heavy atom. The molecule has 0 fully saturated rings. The lowest BCUT2D eigenvalue weighted by Crippen LogP contribution is -1.88. The van der Waals surface area contributed by atoms with Crippen LogP contribution in [-0.4, -0.2) is 16.7 Å². The predicted octanol–water partition coefficient (Wildman–Crippen LogP) is 3.15. The van der Waals surface area contributed by atoms with E-state index < -0.39 is 0 Å². The first kappa shape index (κ1) is 14.6. The van der Waals surface area contributed by atoms with E-state index >= 15 is 0 Å². The second kappa shape index (κ2) is 7.13. The summed E-state index contributed by atoms with van der Waals surface area (Å²) in [5, 5.41) is 9.26. The first-order chi connectivity index (χ1) is 9.69. The number of oxazole rings is 1. The van der Waals surface area contributed by atoms with Gasteiger partial charge in [0.05, 0.1) is 17.9 Å². The smallest absolute Gasteiger partial charge is 0.256 e. The Balaban J connectivity index is 2.05. The van der Waals surface area contributed by atoms with Gasteiger partial charge in [-0.15, -0.1) is 0 Å². The molecule has 0 saturated heterocycles. The van der Waals surface area contributed by atoms with Gasteiger partial charge >= 0.3 is 0 Å². The normalized spacial score (nSPS) is 10.2. The molecule has 1 N–H and O–H groups in total. The summed E-state index contributed by atoms with van der Waals surface area (Å²) in [6, 6.07) is 4.83. The van der Waals surface area contributed by atoms with Crippen molar-refractivity contribution in [2.24, 2.45) is 0 Å².